The molecule has 1 aliphatic carbocycles. The second-order valence-corrected chi connectivity index (χ2v) is 4.88. The molecule has 126 valence electrons. The number of esters is 2. The summed E-state index contributed by atoms with van der Waals surface area (Å²) in [7, 11) is 1.42. The minimum Gasteiger partial charge on any atom is -0.497 e. The molecule has 2 rings (SSSR count). The Labute approximate surface area is 138 Å². The van der Waals surface area contributed by atoms with Gasteiger partial charge in [0.25, 0.3) is 0 Å². The predicted octanol–water partition coefficient (Wildman–Crippen LogP) is 2.19. The maximum absolute atomic E-state index is 12.6. The lowest BCUT2D eigenvalue weighted by Gasteiger charge is -2.20. The van der Waals surface area contributed by atoms with Gasteiger partial charge in [-0.15, -0.1) is 0 Å². The van der Waals surface area contributed by atoms with Crippen LogP contribution in [0.4, 0.5) is 0 Å². The van der Waals surface area contributed by atoms with E-state index in [0.717, 1.165) is 0 Å². The number of ether oxygens (including phenoxy) is 3. The zero-order chi connectivity index (χ0) is 17.9. The van der Waals surface area contributed by atoms with Gasteiger partial charge >= 0.3 is 11.9 Å². The maximum Gasteiger partial charge on any atom is 0.311 e. The van der Waals surface area contributed by atoms with Crippen molar-refractivity contribution in [3.05, 3.63) is 40.8 Å². The number of fused-ring (bicyclic) bond motifs is 1. The highest BCUT2D eigenvalue weighted by atomic mass is 16.6. The van der Waals surface area contributed by atoms with Crippen LogP contribution < -0.4 is 4.74 Å². The van der Waals surface area contributed by atoms with Gasteiger partial charge in [-0.2, -0.15) is 0 Å². The summed E-state index contributed by atoms with van der Waals surface area (Å²) in [5.41, 5.74) is 0.0746. The molecule has 0 spiro atoms. The molecule has 0 amide bonds. The van der Waals surface area contributed by atoms with Crippen molar-refractivity contribution in [1.29, 1.82) is 0 Å². The van der Waals surface area contributed by atoms with Crippen molar-refractivity contribution in [2.45, 2.75) is 26.7 Å². The van der Waals surface area contributed by atoms with Crippen molar-refractivity contribution in [3.63, 3.8) is 0 Å². The predicted molar refractivity (Wildman–Crippen MR) is 81.4 cm³/mol. The number of hydrogen-bond acceptors (Lipinski definition) is 7. The van der Waals surface area contributed by atoms with Crippen LogP contribution in [0, 0.1) is 0 Å². The van der Waals surface area contributed by atoms with E-state index >= 15 is 0 Å². The van der Waals surface area contributed by atoms with Crippen molar-refractivity contribution < 1.29 is 33.4 Å². The third-order valence-corrected chi connectivity index (χ3v) is 3.34. The van der Waals surface area contributed by atoms with E-state index in [1.807, 2.05) is 0 Å². The standard InChI is InChI=1S/C17H16O7/c1-4-12(18)23-16-14(20)10-7-6-9(22-3)8-11(10)15(21)17(16)24-13(19)5-2/h6-8H,4-5H2,1-3H3. The van der Waals surface area contributed by atoms with Crippen molar-refractivity contribution in [2.75, 3.05) is 7.11 Å². The number of ketones is 2. The van der Waals surface area contributed by atoms with Crippen LogP contribution in [-0.4, -0.2) is 30.6 Å². The Balaban J connectivity index is 2.57. The van der Waals surface area contributed by atoms with Gasteiger partial charge in [-0.3, -0.25) is 19.2 Å². The summed E-state index contributed by atoms with van der Waals surface area (Å²) in [5.74, 6) is -3.63. The van der Waals surface area contributed by atoms with Gasteiger partial charge in [-0.25, -0.2) is 0 Å². The van der Waals surface area contributed by atoms with Gasteiger partial charge in [0, 0.05) is 24.0 Å². The molecule has 0 N–H and O–H groups in total. The number of Topliss-reactive ketones (excluding diaryl/α,β-unsaturated/α-hetero) is 2. The molecule has 24 heavy (non-hydrogen) atoms. The van der Waals surface area contributed by atoms with Crippen LogP contribution in [-0.2, 0) is 19.1 Å². The van der Waals surface area contributed by atoms with Crippen LogP contribution in [0.3, 0.4) is 0 Å². The molecular weight excluding hydrogens is 316 g/mol. The summed E-state index contributed by atoms with van der Waals surface area (Å²) in [6, 6.07) is 4.27. The second-order valence-electron chi connectivity index (χ2n) is 4.88. The highest BCUT2D eigenvalue weighted by Gasteiger charge is 2.37. The number of hydrogen-bond donors (Lipinski definition) is 0. The minimum absolute atomic E-state index is 0.00452. The minimum atomic E-state index is -0.720. The van der Waals surface area contributed by atoms with Crippen LogP contribution in [0.2, 0.25) is 0 Å². The number of methoxy groups -OCH3 is 1. The SMILES string of the molecule is CCC(=O)OC1=C(OC(=O)CC)C(=O)c2cc(OC)ccc2C1=O. The van der Waals surface area contributed by atoms with Gasteiger partial charge in [-0.05, 0) is 18.2 Å². The van der Waals surface area contributed by atoms with E-state index in [-0.39, 0.29) is 24.0 Å². The summed E-state index contributed by atoms with van der Waals surface area (Å²) < 4.78 is 15.0. The third-order valence-electron chi connectivity index (χ3n) is 3.34. The monoisotopic (exact) mass is 332 g/mol. The third kappa shape index (κ3) is 3.19. The molecule has 0 saturated carbocycles. The first-order chi connectivity index (χ1) is 11.4. The first kappa shape index (κ1) is 17.4. The largest absolute Gasteiger partial charge is 0.497 e. The van der Waals surface area contributed by atoms with E-state index in [9.17, 15) is 19.2 Å². The Kier molecular flexibility index (Phi) is 5.13. The Morgan fingerprint density at radius 3 is 1.83 bits per heavy atom. The molecule has 7 heteroatoms. The molecule has 7 nitrogen and oxygen atoms in total. The van der Waals surface area contributed by atoms with Crippen molar-refractivity contribution in [3.8, 4) is 5.75 Å². The lowest BCUT2D eigenvalue weighted by atomic mass is 9.92. The van der Waals surface area contributed by atoms with E-state index < -0.39 is 35.0 Å². The molecule has 0 aromatic heterocycles. The molecule has 0 unspecified atom stereocenters. The molecule has 0 bridgehead atoms. The smallest absolute Gasteiger partial charge is 0.311 e. The van der Waals surface area contributed by atoms with Crippen LogP contribution >= 0.6 is 0 Å². The Bertz CT molecular complexity index is 758. The van der Waals surface area contributed by atoms with Gasteiger partial charge < -0.3 is 14.2 Å². The van der Waals surface area contributed by atoms with Gasteiger partial charge in [0.2, 0.25) is 23.1 Å². The van der Waals surface area contributed by atoms with Gasteiger partial charge in [-0.1, -0.05) is 13.8 Å². The fourth-order valence-electron chi connectivity index (χ4n) is 2.04. The molecule has 1 aromatic rings. The summed E-state index contributed by atoms with van der Waals surface area (Å²) in [5, 5.41) is 0. The first-order valence-corrected chi connectivity index (χ1v) is 7.35. The Morgan fingerprint density at radius 1 is 0.875 bits per heavy atom. The number of rotatable bonds is 5. The van der Waals surface area contributed by atoms with Gasteiger partial charge in [0.05, 0.1) is 7.11 Å². The average molecular weight is 332 g/mol. The fraction of sp³-hybridized carbons (Fsp3) is 0.294. The topological polar surface area (TPSA) is 96.0 Å². The zero-order valence-electron chi connectivity index (χ0n) is 13.5. The Hall–Kier alpha value is -2.96. The van der Waals surface area contributed by atoms with Crippen molar-refractivity contribution >= 4 is 23.5 Å². The lowest BCUT2D eigenvalue weighted by Crippen LogP contribution is -2.27. The van der Waals surface area contributed by atoms with Crippen LogP contribution in [0.15, 0.2) is 29.7 Å². The van der Waals surface area contributed by atoms with Crippen molar-refractivity contribution in [1.82, 2.24) is 0 Å². The summed E-state index contributed by atoms with van der Waals surface area (Å²) in [4.78, 5) is 48.4. The van der Waals surface area contributed by atoms with Gasteiger partial charge in [0.15, 0.2) is 0 Å². The molecule has 0 radical (unpaired) electrons. The van der Waals surface area contributed by atoms with E-state index in [0.29, 0.717) is 5.75 Å². The highest BCUT2D eigenvalue weighted by molar-refractivity contribution is 6.26. The van der Waals surface area contributed by atoms with Gasteiger partial charge in [0.1, 0.15) is 5.75 Å². The van der Waals surface area contributed by atoms with Crippen LogP contribution in [0.1, 0.15) is 47.4 Å². The second kappa shape index (κ2) is 7.08. The molecule has 1 aliphatic rings. The molecule has 0 fully saturated rings. The maximum atomic E-state index is 12.6. The molecule has 0 heterocycles. The van der Waals surface area contributed by atoms with Crippen molar-refractivity contribution in [2.24, 2.45) is 0 Å². The average Bonchev–Trinajstić information content (AvgIpc) is 2.61. The zero-order valence-corrected chi connectivity index (χ0v) is 13.5. The highest BCUT2D eigenvalue weighted by Crippen LogP contribution is 2.30. The normalized spacial score (nSPS) is 13.5. The van der Waals surface area contributed by atoms with E-state index in [1.54, 1.807) is 0 Å². The summed E-state index contributed by atoms with van der Waals surface area (Å²) in [6.45, 7) is 3.07. The quantitative estimate of drug-likeness (QED) is 0.763. The molecule has 0 aliphatic heterocycles. The summed E-state index contributed by atoms with van der Waals surface area (Å²) in [6.07, 6.45) is -0.0135. The fourth-order valence-corrected chi connectivity index (χ4v) is 2.04. The Morgan fingerprint density at radius 2 is 1.38 bits per heavy atom. The molecule has 0 saturated heterocycles. The van der Waals surface area contributed by atoms with Crippen LogP contribution in [0.25, 0.3) is 0 Å². The lowest BCUT2D eigenvalue weighted by molar-refractivity contribution is -0.142. The number of carbonyl (C=O) groups excluding carboxylic acids is 4. The van der Waals surface area contributed by atoms with E-state index in [4.69, 9.17) is 14.2 Å². The van der Waals surface area contributed by atoms with E-state index in [2.05, 4.69) is 0 Å². The molecule has 1 aromatic carbocycles. The molecular formula is C17H16O7. The first-order valence-electron chi connectivity index (χ1n) is 7.35. The number of carbonyl (C=O) groups is 4. The number of benzene rings is 1. The summed E-state index contributed by atoms with van der Waals surface area (Å²) >= 11 is 0. The van der Waals surface area contributed by atoms with Crippen LogP contribution in [0.5, 0.6) is 5.75 Å². The number of allylic oxidation sites excluding steroid dienone is 2. The van der Waals surface area contributed by atoms with E-state index in [1.165, 1.54) is 39.2 Å². The molecule has 0 atom stereocenters.